The van der Waals surface area contributed by atoms with Gasteiger partial charge in [-0.2, -0.15) is 0 Å². The summed E-state index contributed by atoms with van der Waals surface area (Å²) in [4.78, 5) is 5.05. The van der Waals surface area contributed by atoms with Gasteiger partial charge < -0.3 is 14.2 Å². The lowest BCUT2D eigenvalue weighted by Crippen LogP contribution is -2.11. The number of hydrogen-bond donors (Lipinski definition) is 0. The Morgan fingerprint density at radius 2 is 1.43 bits per heavy atom. The second-order valence-electron chi connectivity index (χ2n) is 8.99. The summed E-state index contributed by atoms with van der Waals surface area (Å²) >= 11 is 0. The molecule has 0 spiro atoms. The highest BCUT2D eigenvalue weighted by molar-refractivity contribution is 5.93. The van der Waals surface area contributed by atoms with Crippen molar-refractivity contribution in [3.05, 3.63) is 83.0 Å². The van der Waals surface area contributed by atoms with E-state index in [2.05, 4.69) is 58.0 Å². The Hall–Kier alpha value is -3.53. The van der Waals surface area contributed by atoms with Gasteiger partial charge in [0.05, 0.1) is 24.5 Å². The van der Waals surface area contributed by atoms with Gasteiger partial charge in [0.25, 0.3) is 0 Å². The molecule has 0 saturated carbocycles. The molecule has 182 valence electrons. The number of aromatic nitrogens is 1. The van der Waals surface area contributed by atoms with E-state index in [9.17, 15) is 0 Å². The zero-order valence-electron chi connectivity index (χ0n) is 21.6. The minimum absolute atomic E-state index is 0.0391. The van der Waals surface area contributed by atoms with Gasteiger partial charge in [-0.25, -0.2) is 0 Å². The van der Waals surface area contributed by atoms with Crippen molar-refractivity contribution in [2.45, 2.75) is 60.2 Å². The lowest BCUT2D eigenvalue weighted by Gasteiger charge is -2.20. The Morgan fingerprint density at radius 3 is 2.03 bits per heavy atom. The molecule has 4 rings (SSSR count). The lowest BCUT2D eigenvalue weighted by molar-refractivity contribution is 0.230. The quantitative estimate of drug-likeness (QED) is 0.252. The van der Waals surface area contributed by atoms with E-state index in [0.29, 0.717) is 6.61 Å². The lowest BCUT2D eigenvalue weighted by atomic mass is 9.94. The normalized spacial score (nSPS) is 11.2. The van der Waals surface area contributed by atoms with E-state index in [0.717, 1.165) is 57.8 Å². The summed E-state index contributed by atoms with van der Waals surface area (Å²) in [6, 6.07) is 20.7. The molecule has 35 heavy (non-hydrogen) atoms. The van der Waals surface area contributed by atoms with Gasteiger partial charge in [0.2, 0.25) is 0 Å². The van der Waals surface area contributed by atoms with Crippen molar-refractivity contribution in [1.82, 2.24) is 4.98 Å². The molecule has 4 nitrogen and oxygen atoms in total. The van der Waals surface area contributed by atoms with Crippen LogP contribution < -0.4 is 14.2 Å². The predicted octanol–water partition coefficient (Wildman–Crippen LogP) is 7.71. The first kappa shape index (κ1) is 24.6. The molecule has 1 heterocycles. The molecule has 1 aromatic heterocycles. The topological polar surface area (TPSA) is 40.6 Å². The van der Waals surface area contributed by atoms with Crippen molar-refractivity contribution in [1.29, 1.82) is 0 Å². The fourth-order valence-electron chi connectivity index (χ4n) is 4.60. The van der Waals surface area contributed by atoms with E-state index < -0.39 is 0 Å². The fourth-order valence-corrected chi connectivity index (χ4v) is 4.60. The third-order valence-electron chi connectivity index (χ3n) is 6.34. The average Bonchev–Trinajstić information content (AvgIpc) is 2.87. The van der Waals surface area contributed by atoms with Crippen LogP contribution in [0.2, 0.25) is 0 Å². The zero-order valence-corrected chi connectivity index (χ0v) is 21.6. The number of benzene rings is 3. The van der Waals surface area contributed by atoms with Crippen LogP contribution in [0.4, 0.5) is 0 Å². The Bertz CT molecular complexity index is 1300. The van der Waals surface area contributed by atoms with E-state index in [1.807, 2.05) is 37.3 Å². The first-order valence-corrected chi connectivity index (χ1v) is 12.4. The molecule has 4 aromatic rings. The van der Waals surface area contributed by atoms with E-state index in [1.54, 1.807) is 7.11 Å². The molecule has 0 saturated heterocycles. The van der Waals surface area contributed by atoms with Crippen molar-refractivity contribution in [3.8, 4) is 28.5 Å². The van der Waals surface area contributed by atoms with Gasteiger partial charge in [-0.3, -0.25) is 4.98 Å². The molecule has 4 heteroatoms. The molecular formula is C31H35NO3. The Morgan fingerprint density at radius 1 is 0.800 bits per heavy atom. The van der Waals surface area contributed by atoms with E-state index >= 15 is 0 Å². The molecular weight excluding hydrogens is 434 g/mol. The van der Waals surface area contributed by atoms with Crippen LogP contribution >= 0.6 is 0 Å². The van der Waals surface area contributed by atoms with Crippen LogP contribution in [0.1, 0.15) is 50.1 Å². The monoisotopic (exact) mass is 469 g/mol. The highest BCUT2D eigenvalue weighted by Crippen LogP contribution is 2.36. The summed E-state index contributed by atoms with van der Waals surface area (Å²) in [7, 11) is 1.69. The van der Waals surface area contributed by atoms with Gasteiger partial charge in [0.1, 0.15) is 23.9 Å². The van der Waals surface area contributed by atoms with Crippen LogP contribution in [0.15, 0.2) is 60.7 Å². The van der Waals surface area contributed by atoms with Gasteiger partial charge in [-0.15, -0.1) is 0 Å². The summed E-state index contributed by atoms with van der Waals surface area (Å²) in [5, 5.41) is 2.05. The largest absolute Gasteiger partial charge is 0.496 e. The second-order valence-corrected chi connectivity index (χ2v) is 8.99. The molecule has 0 N–H and O–H groups in total. The number of hydrogen-bond acceptors (Lipinski definition) is 4. The van der Waals surface area contributed by atoms with Gasteiger partial charge in [-0.05, 0) is 56.9 Å². The molecule has 0 fully saturated rings. The molecule has 0 atom stereocenters. The number of rotatable bonds is 9. The SMILES string of the molecule is CCc1cccc(CC)c1-c1cc(OC(C)C)c(COc2ccc(OC)c3ccccc23)c(C)n1. The summed E-state index contributed by atoms with van der Waals surface area (Å²) in [5.41, 5.74) is 6.69. The van der Waals surface area contributed by atoms with Crippen molar-refractivity contribution < 1.29 is 14.2 Å². The minimum Gasteiger partial charge on any atom is -0.496 e. The number of fused-ring (bicyclic) bond motifs is 1. The van der Waals surface area contributed by atoms with Crippen LogP contribution in [0.3, 0.4) is 0 Å². The maximum atomic E-state index is 6.37. The molecule has 0 radical (unpaired) electrons. The first-order valence-electron chi connectivity index (χ1n) is 12.4. The molecule has 0 bridgehead atoms. The summed E-state index contributed by atoms with van der Waals surface area (Å²) < 4.78 is 18.2. The third-order valence-corrected chi connectivity index (χ3v) is 6.34. The molecule has 3 aromatic carbocycles. The standard InChI is InChI=1S/C31H35NO3/c1-7-22-12-11-13-23(8-2)31(22)27-18-30(35-20(3)4)26(21(5)32-27)19-34-29-17-16-28(33-6)24-14-9-10-15-25(24)29/h9-18,20H,7-8,19H2,1-6H3. The predicted molar refractivity (Wildman–Crippen MR) is 144 cm³/mol. The summed E-state index contributed by atoms with van der Waals surface area (Å²) in [6.45, 7) is 10.9. The number of ether oxygens (including phenoxy) is 3. The van der Waals surface area contributed by atoms with Crippen molar-refractivity contribution in [2.24, 2.45) is 0 Å². The maximum absolute atomic E-state index is 6.37. The molecule has 0 amide bonds. The van der Waals surface area contributed by atoms with Crippen molar-refractivity contribution in [3.63, 3.8) is 0 Å². The van der Waals surface area contributed by atoms with Crippen LogP contribution in [-0.2, 0) is 19.4 Å². The zero-order chi connectivity index (χ0) is 24.9. The number of methoxy groups -OCH3 is 1. The van der Waals surface area contributed by atoms with Gasteiger partial charge >= 0.3 is 0 Å². The Labute approximate surface area is 208 Å². The van der Waals surface area contributed by atoms with Gasteiger partial charge in [-0.1, -0.05) is 56.3 Å². The summed E-state index contributed by atoms with van der Waals surface area (Å²) in [6.07, 6.45) is 1.96. The van der Waals surface area contributed by atoms with E-state index in [1.165, 1.54) is 16.7 Å². The smallest absolute Gasteiger partial charge is 0.130 e. The summed E-state index contributed by atoms with van der Waals surface area (Å²) in [5.74, 6) is 2.47. The Kier molecular flexibility index (Phi) is 7.60. The fraction of sp³-hybridized carbons (Fsp3) is 0.323. The van der Waals surface area contributed by atoms with E-state index in [-0.39, 0.29) is 6.10 Å². The van der Waals surface area contributed by atoms with E-state index in [4.69, 9.17) is 19.2 Å². The molecule has 0 aliphatic carbocycles. The first-order chi connectivity index (χ1) is 17.0. The highest BCUT2D eigenvalue weighted by Gasteiger charge is 2.18. The second kappa shape index (κ2) is 10.8. The minimum atomic E-state index is 0.0391. The third kappa shape index (κ3) is 5.12. The number of aryl methyl sites for hydroxylation is 3. The van der Waals surface area contributed by atoms with Crippen LogP contribution in [0.5, 0.6) is 17.2 Å². The van der Waals surface area contributed by atoms with Gasteiger partial charge in [0.15, 0.2) is 0 Å². The molecule has 0 aliphatic rings. The van der Waals surface area contributed by atoms with Gasteiger partial charge in [0, 0.05) is 28.1 Å². The van der Waals surface area contributed by atoms with Crippen molar-refractivity contribution >= 4 is 10.8 Å². The molecule has 0 aliphatic heterocycles. The van der Waals surface area contributed by atoms with Crippen LogP contribution in [0.25, 0.3) is 22.0 Å². The highest BCUT2D eigenvalue weighted by atomic mass is 16.5. The Balaban J connectivity index is 1.75. The van der Waals surface area contributed by atoms with Crippen LogP contribution in [-0.4, -0.2) is 18.2 Å². The maximum Gasteiger partial charge on any atom is 0.130 e. The number of pyridine rings is 1. The molecule has 0 unspecified atom stereocenters. The number of nitrogens with zero attached hydrogens (tertiary/aromatic N) is 1. The van der Waals surface area contributed by atoms with Crippen molar-refractivity contribution in [2.75, 3.05) is 7.11 Å². The van der Waals surface area contributed by atoms with Crippen LogP contribution in [0, 0.1) is 6.92 Å². The average molecular weight is 470 g/mol.